The second-order valence-corrected chi connectivity index (χ2v) is 5.01. The number of anilines is 2. The third-order valence-corrected chi connectivity index (χ3v) is 3.02. The van der Waals surface area contributed by atoms with Crippen molar-refractivity contribution in [3.63, 3.8) is 0 Å². The van der Waals surface area contributed by atoms with Gasteiger partial charge in [0.15, 0.2) is 0 Å². The van der Waals surface area contributed by atoms with Crippen LogP contribution in [-0.4, -0.2) is 27.3 Å². The summed E-state index contributed by atoms with van der Waals surface area (Å²) in [5, 5.41) is 0. The molecule has 2 N–H and O–H groups in total. The Labute approximate surface area is 126 Å². The monoisotopic (exact) mass is 286 g/mol. The van der Waals surface area contributed by atoms with Gasteiger partial charge in [0.25, 0.3) is 0 Å². The van der Waals surface area contributed by atoms with Gasteiger partial charge >= 0.3 is 0 Å². The average Bonchev–Trinajstić information content (AvgIpc) is 2.47. The number of nitrogen functional groups attached to an aromatic ring is 1. The Morgan fingerprint density at radius 2 is 1.52 bits per heavy atom. The van der Waals surface area contributed by atoms with Crippen molar-refractivity contribution in [1.29, 1.82) is 0 Å². The van der Waals surface area contributed by atoms with Crippen molar-refractivity contribution in [2.45, 2.75) is 6.42 Å². The van der Waals surface area contributed by atoms with Crippen LogP contribution in [0.4, 0.5) is 11.4 Å². The normalized spacial score (nSPS) is 10.2. The van der Waals surface area contributed by atoms with Crippen molar-refractivity contribution >= 4 is 11.4 Å². The largest absolute Gasteiger partial charge is 0.493 e. The van der Waals surface area contributed by atoms with Crippen molar-refractivity contribution in [2.75, 3.05) is 37.9 Å². The molecule has 0 atom stereocenters. The fourth-order valence-electron chi connectivity index (χ4n) is 1.89. The summed E-state index contributed by atoms with van der Waals surface area (Å²) in [5.74, 6) is 1.68. The maximum atomic E-state index is 5.73. The summed E-state index contributed by atoms with van der Waals surface area (Å²) in [5.41, 5.74) is 7.54. The van der Waals surface area contributed by atoms with Crippen LogP contribution in [-0.2, 0) is 0 Å². The van der Waals surface area contributed by atoms with E-state index in [-0.39, 0.29) is 0 Å². The highest BCUT2D eigenvalue weighted by molar-refractivity contribution is 5.49. The van der Waals surface area contributed by atoms with Crippen LogP contribution < -0.4 is 20.1 Å². The quantitative estimate of drug-likeness (QED) is 0.627. The molecule has 0 bridgehead atoms. The van der Waals surface area contributed by atoms with E-state index in [9.17, 15) is 0 Å². The van der Waals surface area contributed by atoms with E-state index in [0.29, 0.717) is 18.9 Å². The van der Waals surface area contributed by atoms with Gasteiger partial charge in [0, 0.05) is 44.0 Å². The first kappa shape index (κ1) is 15.0. The fraction of sp³-hybridized carbons (Fsp3) is 0.294. The molecule has 0 unspecified atom stereocenters. The smallest absolute Gasteiger partial charge is 0.121 e. The van der Waals surface area contributed by atoms with Gasteiger partial charge in [-0.25, -0.2) is 0 Å². The summed E-state index contributed by atoms with van der Waals surface area (Å²) < 4.78 is 11.3. The van der Waals surface area contributed by atoms with E-state index < -0.39 is 0 Å². The Morgan fingerprint density at radius 1 is 0.905 bits per heavy atom. The van der Waals surface area contributed by atoms with Gasteiger partial charge in [-0.3, -0.25) is 0 Å². The Bertz CT molecular complexity index is 570. The third-order valence-electron chi connectivity index (χ3n) is 3.02. The molecule has 0 aliphatic heterocycles. The van der Waals surface area contributed by atoms with Gasteiger partial charge in [-0.05, 0) is 24.3 Å². The van der Waals surface area contributed by atoms with Crippen molar-refractivity contribution in [2.24, 2.45) is 0 Å². The summed E-state index contributed by atoms with van der Waals surface area (Å²) >= 11 is 0. The lowest BCUT2D eigenvalue weighted by molar-refractivity contribution is 0.247. The molecule has 0 aliphatic carbocycles. The van der Waals surface area contributed by atoms with E-state index in [2.05, 4.69) is 11.0 Å². The van der Waals surface area contributed by atoms with Gasteiger partial charge in [-0.1, -0.05) is 12.1 Å². The Hall–Kier alpha value is -2.36. The third kappa shape index (κ3) is 4.91. The van der Waals surface area contributed by atoms with E-state index >= 15 is 0 Å². The molecule has 2 aromatic rings. The van der Waals surface area contributed by atoms with Crippen LogP contribution in [0.15, 0.2) is 48.5 Å². The predicted octanol–water partition coefficient (Wildman–Crippen LogP) is 3.18. The van der Waals surface area contributed by atoms with Crippen LogP contribution in [0.1, 0.15) is 6.42 Å². The molecule has 0 aliphatic rings. The lowest BCUT2D eigenvalue weighted by atomic mass is 10.3. The van der Waals surface area contributed by atoms with Gasteiger partial charge < -0.3 is 20.1 Å². The van der Waals surface area contributed by atoms with Crippen LogP contribution in [0.2, 0.25) is 0 Å². The molecule has 0 heterocycles. The number of hydrogen-bond donors (Lipinski definition) is 1. The number of benzene rings is 2. The van der Waals surface area contributed by atoms with Gasteiger partial charge in [0.05, 0.1) is 13.2 Å². The zero-order valence-corrected chi connectivity index (χ0v) is 12.6. The number of nitrogens with two attached hydrogens (primary N) is 1. The van der Waals surface area contributed by atoms with Gasteiger partial charge in [-0.15, -0.1) is 0 Å². The first-order valence-electron chi connectivity index (χ1n) is 7.04. The van der Waals surface area contributed by atoms with Crippen molar-refractivity contribution in [3.05, 3.63) is 48.5 Å². The Morgan fingerprint density at radius 3 is 2.14 bits per heavy atom. The second kappa shape index (κ2) is 7.43. The summed E-state index contributed by atoms with van der Waals surface area (Å²) in [6.45, 7) is 1.23. The highest BCUT2D eigenvalue weighted by atomic mass is 16.5. The standard InChI is InChI=1S/C17H22N2O2/c1-19(2)15-7-4-9-17(13-15)21-11-5-10-20-16-8-3-6-14(18)12-16/h3-4,6-9,12-13H,5,10-11,18H2,1-2H3. The SMILES string of the molecule is CN(C)c1cccc(OCCCOc2cccc(N)c2)c1. The minimum atomic E-state index is 0.608. The molecule has 21 heavy (non-hydrogen) atoms. The molecule has 0 aromatic heterocycles. The highest BCUT2D eigenvalue weighted by Crippen LogP contribution is 2.19. The van der Waals surface area contributed by atoms with Gasteiger partial charge in [0.2, 0.25) is 0 Å². The number of hydrogen-bond acceptors (Lipinski definition) is 4. The van der Waals surface area contributed by atoms with E-state index in [1.807, 2.05) is 56.6 Å². The van der Waals surface area contributed by atoms with Crippen molar-refractivity contribution in [1.82, 2.24) is 0 Å². The number of rotatable bonds is 7. The summed E-state index contributed by atoms with van der Waals surface area (Å²) in [6.07, 6.45) is 0.820. The van der Waals surface area contributed by atoms with E-state index in [1.165, 1.54) is 0 Å². The van der Waals surface area contributed by atoms with Crippen LogP contribution in [0.25, 0.3) is 0 Å². The molecule has 0 spiro atoms. The zero-order valence-electron chi connectivity index (χ0n) is 12.6. The van der Waals surface area contributed by atoms with Crippen LogP contribution in [0.3, 0.4) is 0 Å². The molecular weight excluding hydrogens is 264 g/mol. The molecule has 0 saturated heterocycles. The Balaban J connectivity index is 1.71. The maximum absolute atomic E-state index is 5.73. The van der Waals surface area contributed by atoms with Crippen molar-refractivity contribution in [3.8, 4) is 11.5 Å². The molecular formula is C17H22N2O2. The van der Waals surface area contributed by atoms with Gasteiger partial charge in [-0.2, -0.15) is 0 Å². The predicted molar refractivity (Wildman–Crippen MR) is 87.2 cm³/mol. The van der Waals surface area contributed by atoms with Crippen LogP contribution >= 0.6 is 0 Å². The van der Waals surface area contributed by atoms with Crippen LogP contribution in [0, 0.1) is 0 Å². The summed E-state index contributed by atoms with van der Waals surface area (Å²) in [7, 11) is 4.02. The lowest BCUT2D eigenvalue weighted by Gasteiger charge is -2.14. The maximum Gasteiger partial charge on any atom is 0.121 e. The molecule has 0 saturated carbocycles. The molecule has 0 fully saturated rings. The van der Waals surface area contributed by atoms with E-state index in [1.54, 1.807) is 0 Å². The Kier molecular flexibility index (Phi) is 5.32. The molecule has 0 radical (unpaired) electrons. The van der Waals surface area contributed by atoms with Crippen LogP contribution in [0.5, 0.6) is 11.5 Å². The first-order chi connectivity index (χ1) is 10.1. The summed E-state index contributed by atoms with van der Waals surface area (Å²) in [6, 6.07) is 15.5. The molecule has 112 valence electrons. The molecule has 4 heteroatoms. The molecule has 2 aromatic carbocycles. The minimum absolute atomic E-state index is 0.608. The average molecular weight is 286 g/mol. The first-order valence-corrected chi connectivity index (χ1v) is 7.04. The molecule has 4 nitrogen and oxygen atoms in total. The lowest BCUT2D eigenvalue weighted by Crippen LogP contribution is -2.09. The fourth-order valence-corrected chi connectivity index (χ4v) is 1.89. The topological polar surface area (TPSA) is 47.7 Å². The van der Waals surface area contributed by atoms with E-state index in [0.717, 1.165) is 23.6 Å². The molecule has 2 rings (SSSR count). The highest BCUT2D eigenvalue weighted by Gasteiger charge is 1.99. The summed E-state index contributed by atoms with van der Waals surface area (Å²) in [4.78, 5) is 2.05. The number of ether oxygens (including phenoxy) is 2. The zero-order chi connectivity index (χ0) is 15.1. The molecule has 0 amide bonds. The second-order valence-electron chi connectivity index (χ2n) is 5.01. The van der Waals surface area contributed by atoms with Gasteiger partial charge in [0.1, 0.15) is 11.5 Å². The van der Waals surface area contributed by atoms with Crippen molar-refractivity contribution < 1.29 is 9.47 Å². The minimum Gasteiger partial charge on any atom is -0.493 e. The van der Waals surface area contributed by atoms with E-state index in [4.69, 9.17) is 15.2 Å². The number of nitrogens with zero attached hydrogens (tertiary/aromatic N) is 1.